The molecular formula is C17H12ClFO5. The second-order valence-corrected chi connectivity index (χ2v) is 5.30. The number of aromatic carboxylic acids is 1. The normalized spacial score (nSPS) is 13.4. The second-order valence-electron chi connectivity index (χ2n) is 4.93. The number of carbonyl (C=O) groups is 1. The van der Waals surface area contributed by atoms with Crippen LogP contribution in [0.2, 0.25) is 5.02 Å². The van der Waals surface area contributed by atoms with Crippen molar-refractivity contribution in [2.24, 2.45) is 0 Å². The van der Waals surface area contributed by atoms with Crippen molar-refractivity contribution in [2.75, 3.05) is 0 Å². The Kier molecular flexibility index (Phi) is 4.57. The molecule has 0 saturated heterocycles. The van der Waals surface area contributed by atoms with E-state index in [1.54, 1.807) is 0 Å². The average Bonchev–Trinajstić information content (AvgIpc) is 3.11. The van der Waals surface area contributed by atoms with Crippen molar-refractivity contribution in [3.63, 3.8) is 0 Å². The number of hydrogen-bond donors (Lipinski definition) is 1. The van der Waals surface area contributed by atoms with Gasteiger partial charge in [0.05, 0.1) is 11.1 Å². The lowest BCUT2D eigenvalue weighted by Gasteiger charge is -2.18. The third-order valence-electron chi connectivity index (χ3n) is 3.36. The molecule has 124 valence electrons. The van der Waals surface area contributed by atoms with Crippen LogP contribution in [0.15, 0.2) is 48.9 Å². The van der Waals surface area contributed by atoms with E-state index in [1.807, 2.05) is 30.3 Å². The molecule has 1 aliphatic heterocycles. The Morgan fingerprint density at radius 3 is 2.54 bits per heavy atom. The van der Waals surface area contributed by atoms with E-state index in [0.29, 0.717) is 0 Å². The number of rotatable bonds is 5. The Bertz CT molecular complexity index is 783. The van der Waals surface area contributed by atoms with Gasteiger partial charge in [0.2, 0.25) is 0 Å². The number of ether oxygens (including phenoxy) is 3. The van der Waals surface area contributed by atoms with Crippen LogP contribution in [0.25, 0.3) is 0 Å². The van der Waals surface area contributed by atoms with E-state index in [2.05, 4.69) is 0 Å². The summed E-state index contributed by atoms with van der Waals surface area (Å²) in [6.07, 6.45) is 1.64. The first-order chi connectivity index (χ1) is 11.6. The minimum atomic E-state index is -1.45. The van der Waals surface area contributed by atoms with Crippen LogP contribution in [0.1, 0.15) is 27.8 Å². The molecule has 0 aliphatic carbocycles. The summed E-state index contributed by atoms with van der Waals surface area (Å²) in [6.45, 7) is 0.125. The van der Waals surface area contributed by atoms with E-state index in [1.165, 1.54) is 12.5 Å². The van der Waals surface area contributed by atoms with Crippen LogP contribution in [0.3, 0.4) is 0 Å². The van der Waals surface area contributed by atoms with Gasteiger partial charge in [-0.3, -0.25) is 0 Å². The lowest BCUT2D eigenvalue weighted by Crippen LogP contribution is -2.10. The monoisotopic (exact) mass is 350 g/mol. The molecule has 7 heteroatoms. The van der Waals surface area contributed by atoms with Crippen molar-refractivity contribution >= 4 is 17.6 Å². The van der Waals surface area contributed by atoms with Crippen molar-refractivity contribution < 1.29 is 28.5 Å². The van der Waals surface area contributed by atoms with Gasteiger partial charge in [-0.15, -0.1) is 0 Å². The third-order valence-corrected chi connectivity index (χ3v) is 3.70. The van der Waals surface area contributed by atoms with Gasteiger partial charge in [-0.25, -0.2) is 9.18 Å². The van der Waals surface area contributed by atoms with Crippen molar-refractivity contribution in [1.29, 1.82) is 0 Å². The van der Waals surface area contributed by atoms with Gasteiger partial charge in [-0.05, 0) is 11.6 Å². The summed E-state index contributed by atoms with van der Waals surface area (Å²) in [6, 6.07) is 10.3. The van der Waals surface area contributed by atoms with Crippen LogP contribution in [-0.2, 0) is 16.1 Å². The number of carboxylic acid groups (broad SMARTS) is 1. The standard InChI is InChI=1S/C17H12ClFO5/c18-13-14(19)11(16(20)21)8-12(17-22-6-7-23-17)15(13)24-9-10-4-2-1-3-5-10/h1-8,17H,9H2,(H,20,21). The largest absolute Gasteiger partial charge is 0.487 e. The number of benzene rings is 2. The molecule has 24 heavy (non-hydrogen) atoms. The topological polar surface area (TPSA) is 65.0 Å². The Morgan fingerprint density at radius 2 is 1.92 bits per heavy atom. The zero-order chi connectivity index (χ0) is 17.1. The fraction of sp³-hybridized carbons (Fsp3) is 0.118. The Morgan fingerprint density at radius 1 is 1.25 bits per heavy atom. The lowest BCUT2D eigenvalue weighted by molar-refractivity contribution is -0.0266. The first kappa shape index (κ1) is 16.1. The fourth-order valence-corrected chi connectivity index (χ4v) is 2.49. The molecule has 0 unspecified atom stereocenters. The minimum Gasteiger partial charge on any atom is -0.487 e. The van der Waals surface area contributed by atoms with Gasteiger partial charge in [-0.2, -0.15) is 0 Å². The molecule has 3 rings (SSSR count). The predicted molar refractivity (Wildman–Crippen MR) is 83.2 cm³/mol. The molecule has 1 N–H and O–H groups in total. The first-order valence-electron chi connectivity index (χ1n) is 6.95. The molecule has 0 saturated carbocycles. The maximum Gasteiger partial charge on any atom is 0.338 e. The fourth-order valence-electron chi connectivity index (χ4n) is 2.22. The Labute approximate surface area is 141 Å². The van der Waals surface area contributed by atoms with Gasteiger partial charge < -0.3 is 19.3 Å². The van der Waals surface area contributed by atoms with Gasteiger partial charge in [-0.1, -0.05) is 41.9 Å². The van der Waals surface area contributed by atoms with Crippen LogP contribution in [-0.4, -0.2) is 11.1 Å². The van der Waals surface area contributed by atoms with Crippen molar-refractivity contribution in [3.8, 4) is 5.75 Å². The van der Waals surface area contributed by atoms with Crippen LogP contribution >= 0.6 is 11.6 Å². The molecule has 2 aromatic carbocycles. The molecular weight excluding hydrogens is 339 g/mol. The van der Waals surface area contributed by atoms with E-state index in [9.17, 15) is 9.18 Å². The Balaban J connectivity index is 1.99. The molecule has 0 bridgehead atoms. The summed E-state index contributed by atoms with van der Waals surface area (Å²) < 4.78 is 30.3. The number of halogens is 2. The van der Waals surface area contributed by atoms with Crippen molar-refractivity contribution in [1.82, 2.24) is 0 Å². The van der Waals surface area contributed by atoms with E-state index in [0.717, 1.165) is 11.6 Å². The molecule has 1 aliphatic rings. The van der Waals surface area contributed by atoms with E-state index in [4.69, 9.17) is 30.9 Å². The highest BCUT2D eigenvalue weighted by Crippen LogP contribution is 2.40. The highest BCUT2D eigenvalue weighted by molar-refractivity contribution is 6.32. The molecule has 0 spiro atoms. The molecule has 1 heterocycles. The van der Waals surface area contributed by atoms with E-state index in [-0.39, 0.29) is 17.9 Å². The zero-order valence-electron chi connectivity index (χ0n) is 12.2. The number of hydrogen-bond acceptors (Lipinski definition) is 4. The molecule has 2 aromatic rings. The van der Waals surface area contributed by atoms with Crippen molar-refractivity contribution in [3.05, 3.63) is 76.5 Å². The van der Waals surface area contributed by atoms with Crippen molar-refractivity contribution in [2.45, 2.75) is 12.9 Å². The molecule has 0 fully saturated rings. The SMILES string of the molecule is O=C(O)c1cc(C2OC=CO2)c(OCc2ccccc2)c(Cl)c1F. The molecule has 0 aromatic heterocycles. The zero-order valence-corrected chi connectivity index (χ0v) is 13.0. The smallest absolute Gasteiger partial charge is 0.338 e. The first-order valence-corrected chi connectivity index (χ1v) is 7.33. The average molecular weight is 351 g/mol. The summed E-state index contributed by atoms with van der Waals surface area (Å²) in [5, 5.41) is 8.69. The van der Waals surface area contributed by atoms with Gasteiger partial charge in [0.25, 0.3) is 6.29 Å². The van der Waals surface area contributed by atoms with Crippen LogP contribution in [0, 0.1) is 5.82 Å². The predicted octanol–water partition coefficient (Wildman–Crippen LogP) is 4.27. The molecule has 5 nitrogen and oxygen atoms in total. The van der Waals surface area contributed by atoms with Gasteiger partial charge in [0, 0.05) is 0 Å². The second kappa shape index (κ2) is 6.80. The van der Waals surface area contributed by atoms with Gasteiger partial charge in [0.15, 0.2) is 11.6 Å². The quantitative estimate of drug-likeness (QED) is 0.872. The van der Waals surface area contributed by atoms with Gasteiger partial charge >= 0.3 is 5.97 Å². The summed E-state index contributed by atoms with van der Waals surface area (Å²) in [5.41, 5.74) is 0.453. The minimum absolute atomic E-state index is 0.0169. The Hall–Kier alpha value is -2.73. The van der Waals surface area contributed by atoms with Crippen LogP contribution < -0.4 is 4.74 Å². The maximum atomic E-state index is 14.2. The molecule has 0 radical (unpaired) electrons. The maximum absolute atomic E-state index is 14.2. The molecule has 0 atom stereocenters. The summed E-state index contributed by atoms with van der Waals surface area (Å²) in [4.78, 5) is 11.2. The summed E-state index contributed by atoms with van der Waals surface area (Å²) in [7, 11) is 0. The summed E-state index contributed by atoms with van der Waals surface area (Å²) >= 11 is 6.00. The van der Waals surface area contributed by atoms with Crippen LogP contribution in [0.4, 0.5) is 4.39 Å². The van der Waals surface area contributed by atoms with E-state index >= 15 is 0 Å². The lowest BCUT2D eigenvalue weighted by atomic mass is 10.1. The summed E-state index contributed by atoms with van der Waals surface area (Å²) in [5.74, 6) is -2.53. The van der Waals surface area contributed by atoms with Gasteiger partial charge in [0.1, 0.15) is 24.2 Å². The van der Waals surface area contributed by atoms with E-state index < -0.39 is 28.7 Å². The highest BCUT2D eigenvalue weighted by atomic mass is 35.5. The molecule has 0 amide bonds. The third kappa shape index (κ3) is 3.14. The number of carboxylic acids is 1. The highest BCUT2D eigenvalue weighted by Gasteiger charge is 2.29. The van der Waals surface area contributed by atoms with Crippen LogP contribution in [0.5, 0.6) is 5.75 Å².